The molecule has 2 heterocycles. The molecule has 108 valence electrons. The molecule has 0 spiro atoms. The van der Waals surface area contributed by atoms with Crippen molar-refractivity contribution in [1.82, 2.24) is 10.3 Å². The second-order valence-electron chi connectivity index (χ2n) is 4.85. The topological polar surface area (TPSA) is 24.9 Å². The Bertz CT molecular complexity index is 772. The van der Waals surface area contributed by atoms with Crippen LogP contribution in [0.4, 0.5) is 0 Å². The van der Waals surface area contributed by atoms with Crippen molar-refractivity contribution in [1.29, 1.82) is 0 Å². The van der Waals surface area contributed by atoms with Gasteiger partial charge in [0.05, 0.1) is 10.2 Å². The maximum absolute atomic E-state index is 6.32. The van der Waals surface area contributed by atoms with Gasteiger partial charge in [-0.1, -0.05) is 33.6 Å². The van der Waals surface area contributed by atoms with Gasteiger partial charge in [-0.25, -0.2) is 0 Å². The van der Waals surface area contributed by atoms with Gasteiger partial charge in [0.15, 0.2) is 0 Å². The summed E-state index contributed by atoms with van der Waals surface area (Å²) in [6.45, 7) is 0. The van der Waals surface area contributed by atoms with Crippen LogP contribution in [0, 0.1) is 0 Å². The summed E-state index contributed by atoms with van der Waals surface area (Å²) in [6.07, 6.45) is 2.78. The van der Waals surface area contributed by atoms with Gasteiger partial charge < -0.3 is 5.32 Å². The second-order valence-corrected chi connectivity index (χ2v) is 7.12. The summed E-state index contributed by atoms with van der Waals surface area (Å²) in [5.74, 6) is 0. The molecule has 0 fully saturated rings. The highest BCUT2D eigenvalue weighted by Gasteiger charge is 2.13. The number of thiophene rings is 1. The van der Waals surface area contributed by atoms with Crippen molar-refractivity contribution in [2.45, 2.75) is 12.5 Å². The van der Waals surface area contributed by atoms with E-state index in [9.17, 15) is 0 Å². The molecule has 5 heteroatoms. The summed E-state index contributed by atoms with van der Waals surface area (Å²) in [4.78, 5) is 4.52. The predicted molar refractivity (Wildman–Crippen MR) is 94.3 cm³/mol. The van der Waals surface area contributed by atoms with Gasteiger partial charge in [0.25, 0.3) is 0 Å². The summed E-state index contributed by atoms with van der Waals surface area (Å²) in [7, 11) is 1.97. The molecule has 3 rings (SSSR count). The molecule has 0 radical (unpaired) electrons. The van der Waals surface area contributed by atoms with E-state index in [0.717, 1.165) is 27.0 Å². The number of pyridine rings is 1. The number of aromatic nitrogens is 1. The van der Waals surface area contributed by atoms with Crippen molar-refractivity contribution in [2.75, 3.05) is 7.05 Å². The van der Waals surface area contributed by atoms with Gasteiger partial charge >= 0.3 is 0 Å². The van der Waals surface area contributed by atoms with E-state index in [1.807, 2.05) is 31.4 Å². The predicted octanol–water partition coefficient (Wildman–Crippen LogP) is 5.22. The quantitative estimate of drug-likeness (QED) is 0.670. The fourth-order valence-corrected chi connectivity index (χ4v) is 3.89. The third-order valence-electron chi connectivity index (χ3n) is 3.51. The number of nitrogens with one attached hydrogen (secondary N) is 1. The van der Waals surface area contributed by atoms with Gasteiger partial charge in [0, 0.05) is 21.7 Å². The van der Waals surface area contributed by atoms with Gasteiger partial charge in [-0.15, -0.1) is 11.3 Å². The molecule has 1 atom stereocenters. The molecule has 1 unspecified atom stereocenters. The van der Waals surface area contributed by atoms with Crippen LogP contribution < -0.4 is 5.32 Å². The lowest BCUT2D eigenvalue weighted by atomic mass is 10.0. The largest absolute Gasteiger partial charge is 0.313 e. The highest BCUT2D eigenvalue weighted by atomic mass is 79.9. The zero-order chi connectivity index (χ0) is 14.8. The number of hydrogen-bond acceptors (Lipinski definition) is 3. The van der Waals surface area contributed by atoms with E-state index in [2.05, 4.69) is 43.7 Å². The summed E-state index contributed by atoms with van der Waals surface area (Å²) in [6, 6.07) is 10.5. The molecule has 1 aromatic carbocycles. The minimum Gasteiger partial charge on any atom is -0.313 e. The Kier molecular flexibility index (Phi) is 4.60. The number of benzene rings is 1. The van der Waals surface area contributed by atoms with E-state index in [-0.39, 0.29) is 6.04 Å². The molecular formula is C16H14BrClN2S. The fourth-order valence-electron chi connectivity index (χ4n) is 2.35. The van der Waals surface area contributed by atoms with Gasteiger partial charge in [-0.05, 0) is 54.2 Å². The number of rotatable bonds is 4. The van der Waals surface area contributed by atoms with Crippen LogP contribution in [0.2, 0.25) is 5.02 Å². The number of fused-ring (bicyclic) bond motifs is 1. The maximum Gasteiger partial charge on any atom is 0.0809 e. The minimum absolute atomic E-state index is 0.197. The third kappa shape index (κ3) is 3.29. The van der Waals surface area contributed by atoms with Gasteiger partial charge in [-0.2, -0.15) is 0 Å². The van der Waals surface area contributed by atoms with Crippen LogP contribution in [0.1, 0.15) is 17.2 Å². The Balaban J connectivity index is 1.90. The van der Waals surface area contributed by atoms with Gasteiger partial charge in [-0.3, -0.25) is 4.98 Å². The normalized spacial score (nSPS) is 12.7. The first kappa shape index (κ1) is 15.0. The average Bonchev–Trinajstić information content (AvgIpc) is 2.94. The van der Waals surface area contributed by atoms with Crippen LogP contribution >= 0.6 is 38.9 Å². The first-order chi connectivity index (χ1) is 10.2. The fraction of sp³-hybridized carbons (Fsp3) is 0.188. The van der Waals surface area contributed by atoms with Crippen molar-refractivity contribution in [3.05, 3.63) is 62.5 Å². The lowest BCUT2D eigenvalue weighted by Gasteiger charge is -2.17. The second kappa shape index (κ2) is 6.44. The molecule has 0 saturated heterocycles. The molecule has 0 aliphatic heterocycles. The van der Waals surface area contributed by atoms with Crippen molar-refractivity contribution < 1.29 is 0 Å². The summed E-state index contributed by atoms with van der Waals surface area (Å²) >= 11 is 11.5. The van der Waals surface area contributed by atoms with E-state index in [1.54, 1.807) is 11.3 Å². The monoisotopic (exact) mass is 380 g/mol. The SMILES string of the molecule is CNC(Cc1ccc(Br)cc1Cl)c1cnc2ccsc2c1. The zero-order valence-electron chi connectivity index (χ0n) is 11.4. The van der Waals surface area contributed by atoms with E-state index < -0.39 is 0 Å². The van der Waals surface area contributed by atoms with Crippen LogP contribution in [0.15, 0.2) is 46.4 Å². The van der Waals surface area contributed by atoms with Crippen LogP contribution in [0.3, 0.4) is 0 Å². The van der Waals surface area contributed by atoms with E-state index in [0.29, 0.717) is 0 Å². The zero-order valence-corrected chi connectivity index (χ0v) is 14.6. The van der Waals surface area contributed by atoms with E-state index in [4.69, 9.17) is 11.6 Å². The van der Waals surface area contributed by atoms with Crippen molar-refractivity contribution in [2.24, 2.45) is 0 Å². The lowest BCUT2D eigenvalue weighted by molar-refractivity contribution is 0.591. The standard InChI is InChI=1S/C16H14BrClN2S/c1-19-15(6-10-2-3-12(17)8-13(10)18)11-7-16-14(20-9-11)4-5-21-16/h2-5,7-9,15,19H,6H2,1H3. The molecule has 1 N–H and O–H groups in total. The van der Waals surface area contributed by atoms with Crippen molar-refractivity contribution in [3.63, 3.8) is 0 Å². The molecule has 0 bridgehead atoms. The number of nitrogens with zero attached hydrogens (tertiary/aromatic N) is 1. The van der Waals surface area contributed by atoms with Gasteiger partial charge in [0.2, 0.25) is 0 Å². The Morgan fingerprint density at radius 2 is 2.19 bits per heavy atom. The molecule has 0 saturated carbocycles. The van der Waals surface area contributed by atoms with Crippen molar-refractivity contribution in [3.8, 4) is 0 Å². The highest BCUT2D eigenvalue weighted by molar-refractivity contribution is 9.10. The first-order valence-corrected chi connectivity index (χ1v) is 8.67. The summed E-state index contributed by atoms with van der Waals surface area (Å²) < 4.78 is 2.22. The lowest BCUT2D eigenvalue weighted by Crippen LogP contribution is -2.19. The smallest absolute Gasteiger partial charge is 0.0809 e. The van der Waals surface area contributed by atoms with Crippen LogP contribution in [0.25, 0.3) is 10.2 Å². The molecule has 0 aliphatic rings. The van der Waals surface area contributed by atoms with Crippen LogP contribution in [-0.2, 0) is 6.42 Å². The van der Waals surface area contributed by atoms with Crippen molar-refractivity contribution >= 4 is 49.1 Å². The number of likely N-dealkylation sites (N-methyl/N-ethyl adjacent to an activating group) is 1. The number of hydrogen-bond donors (Lipinski definition) is 1. The average molecular weight is 382 g/mol. The molecule has 0 amide bonds. The molecular weight excluding hydrogens is 368 g/mol. The maximum atomic E-state index is 6.32. The van der Waals surface area contributed by atoms with Crippen LogP contribution in [0.5, 0.6) is 0 Å². The van der Waals surface area contributed by atoms with E-state index in [1.165, 1.54) is 10.3 Å². The Morgan fingerprint density at radius 1 is 1.33 bits per heavy atom. The van der Waals surface area contributed by atoms with Crippen LogP contribution in [-0.4, -0.2) is 12.0 Å². The number of halogens is 2. The van der Waals surface area contributed by atoms with E-state index >= 15 is 0 Å². The summed E-state index contributed by atoms with van der Waals surface area (Å²) in [5, 5.41) is 6.22. The minimum atomic E-state index is 0.197. The Hall–Kier alpha value is -0.940. The third-order valence-corrected chi connectivity index (χ3v) is 5.21. The first-order valence-electron chi connectivity index (χ1n) is 6.61. The van der Waals surface area contributed by atoms with Gasteiger partial charge in [0.1, 0.15) is 0 Å². The molecule has 2 aromatic heterocycles. The summed E-state index contributed by atoms with van der Waals surface area (Å²) in [5.41, 5.74) is 3.37. The molecule has 0 aliphatic carbocycles. The highest BCUT2D eigenvalue weighted by Crippen LogP contribution is 2.28. The molecule has 2 nitrogen and oxygen atoms in total. The molecule has 3 aromatic rings. The molecule has 21 heavy (non-hydrogen) atoms. The Morgan fingerprint density at radius 3 is 2.95 bits per heavy atom. The Labute approximate surface area is 141 Å².